The summed E-state index contributed by atoms with van der Waals surface area (Å²) in [5.41, 5.74) is 3.68. The van der Waals surface area contributed by atoms with Gasteiger partial charge in [-0.1, -0.05) is 43.7 Å². The Morgan fingerprint density at radius 3 is 2.42 bits per heavy atom. The number of rotatable bonds is 9. The second-order valence-corrected chi connectivity index (χ2v) is 8.59. The fraction of sp³-hybridized carbons (Fsp3) is 0.321. The first-order chi connectivity index (χ1) is 17.4. The third-order valence-corrected chi connectivity index (χ3v) is 6.21. The van der Waals surface area contributed by atoms with E-state index in [0.717, 1.165) is 29.3 Å². The van der Waals surface area contributed by atoms with Gasteiger partial charge in [0.1, 0.15) is 12.3 Å². The quantitative estimate of drug-likeness (QED) is 0.320. The van der Waals surface area contributed by atoms with Gasteiger partial charge in [-0.2, -0.15) is 0 Å². The number of carbonyl (C=O) groups is 2. The van der Waals surface area contributed by atoms with E-state index in [9.17, 15) is 14.4 Å². The zero-order valence-corrected chi connectivity index (χ0v) is 20.7. The number of aryl methyl sites for hydroxylation is 3. The summed E-state index contributed by atoms with van der Waals surface area (Å²) < 4.78 is 12.1. The Hall–Kier alpha value is -4.07. The van der Waals surface area contributed by atoms with Gasteiger partial charge in [0, 0.05) is 18.4 Å². The van der Waals surface area contributed by atoms with Crippen molar-refractivity contribution in [1.29, 1.82) is 0 Å². The van der Waals surface area contributed by atoms with Crippen molar-refractivity contribution in [3.8, 4) is 0 Å². The standard InChI is InChI=1S/C28H29N3O5/c1-4-5-16-31-24-13-9-8-12-21(24)30-22(27(31)33)14-15-25(32)36-17-23-26(28(34)35-3)18(2)19-10-6-7-11-20(19)29-23/h6-13H,4-5,14-17H2,1-3H3. The molecule has 0 aliphatic carbocycles. The molecule has 2 aromatic carbocycles. The van der Waals surface area contributed by atoms with Crippen LogP contribution >= 0.6 is 0 Å². The summed E-state index contributed by atoms with van der Waals surface area (Å²) in [6.45, 7) is 4.30. The first kappa shape index (κ1) is 25.0. The second kappa shape index (κ2) is 11.1. The summed E-state index contributed by atoms with van der Waals surface area (Å²) in [5.74, 6) is -1.04. The Kier molecular flexibility index (Phi) is 7.73. The van der Waals surface area contributed by atoms with Crippen LogP contribution in [0.2, 0.25) is 0 Å². The minimum Gasteiger partial charge on any atom is -0.465 e. The van der Waals surface area contributed by atoms with E-state index in [1.165, 1.54) is 7.11 Å². The van der Waals surface area contributed by atoms with Gasteiger partial charge < -0.3 is 14.0 Å². The van der Waals surface area contributed by atoms with Crippen LogP contribution in [0.3, 0.4) is 0 Å². The molecule has 0 saturated carbocycles. The van der Waals surface area contributed by atoms with Crippen LogP contribution in [0.4, 0.5) is 0 Å². The highest BCUT2D eigenvalue weighted by Crippen LogP contribution is 2.24. The van der Waals surface area contributed by atoms with Crippen LogP contribution in [-0.2, 0) is 33.8 Å². The maximum Gasteiger partial charge on any atom is 0.340 e. The summed E-state index contributed by atoms with van der Waals surface area (Å²) in [7, 11) is 1.30. The number of ether oxygens (including phenoxy) is 2. The van der Waals surface area contributed by atoms with Crippen LogP contribution in [0, 0.1) is 6.92 Å². The van der Waals surface area contributed by atoms with Gasteiger partial charge in [-0.05, 0) is 37.1 Å². The lowest BCUT2D eigenvalue weighted by Crippen LogP contribution is -2.26. The van der Waals surface area contributed by atoms with E-state index in [4.69, 9.17) is 9.47 Å². The van der Waals surface area contributed by atoms with Gasteiger partial charge in [0.05, 0.1) is 41.3 Å². The molecule has 0 spiro atoms. The highest BCUT2D eigenvalue weighted by atomic mass is 16.5. The first-order valence-electron chi connectivity index (χ1n) is 12.0. The highest BCUT2D eigenvalue weighted by molar-refractivity contribution is 5.98. The molecule has 2 heterocycles. The second-order valence-electron chi connectivity index (χ2n) is 8.59. The van der Waals surface area contributed by atoms with Crippen LogP contribution < -0.4 is 5.56 Å². The van der Waals surface area contributed by atoms with Crippen LogP contribution in [0.5, 0.6) is 0 Å². The third-order valence-electron chi connectivity index (χ3n) is 6.21. The molecular weight excluding hydrogens is 458 g/mol. The largest absolute Gasteiger partial charge is 0.465 e. The van der Waals surface area contributed by atoms with Crippen molar-refractivity contribution in [2.24, 2.45) is 0 Å². The molecule has 0 unspecified atom stereocenters. The summed E-state index contributed by atoms with van der Waals surface area (Å²) >= 11 is 0. The lowest BCUT2D eigenvalue weighted by Gasteiger charge is -2.14. The van der Waals surface area contributed by atoms with Crippen molar-refractivity contribution in [2.45, 2.75) is 52.7 Å². The SMILES string of the molecule is CCCCn1c(=O)c(CCC(=O)OCc2nc3ccccc3c(C)c2C(=O)OC)nc2ccccc21. The molecule has 8 nitrogen and oxygen atoms in total. The minimum atomic E-state index is -0.537. The number of hydrogen-bond acceptors (Lipinski definition) is 7. The lowest BCUT2D eigenvalue weighted by molar-refractivity contribution is -0.145. The molecule has 0 saturated heterocycles. The van der Waals surface area contributed by atoms with Crippen molar-refractivity contribution in [1.82, 2.24) is 14.5 Å². The molecule has 36 heavy (non-hydrogen) atoms. The molecule has 186 valence electrons. The predicted octanol–water partition coefficient (Wildman–Crippen LogP) is 4.52. The summed E-state index contributed by atoms with van der Waals surface area (Å²) in [5, 5.41) is 0.828. The minimum absolute atomic E-state index is 0.0194. The Morgan fingerprint density at radius 2 is 1.67 bits per heavy atom. The fourth-order valence-electron chi connectivity index (χ4n) is 4.31. The van der Waals surface area contributed by atoms with Gasteiger partial charge in [-0.15, -0.1) is 0 Å². The average molecular weight is 488 g/mol. The number of methoxy groups -OCH3 is 1. The molecule has 0 radical (unpaired) electrons. The van der Waals surface area contributed by atoms with Crippen molar-refractivity contribution >= 4 is 33.9 Å². The average Bonchev–Trinajstić information content (AvgIpc) is 2.90. The summed E-state index contributed by atoms with van der Waals surface area (Å²) in [4.78, 5) is 47.2. The van der Waals surface area contributed by atoms with E-state index < -0.39 is 11.9 Å². The van der Waals surface area contributed by atoms with Crippen LogP contribution in [0.15, 0.2) is 53.3 Å². The molecular formula is C28H29N3O5. The highest BCUT2D eigenvalue weighted by Gasteiger charge is 2.21. The fourth-order valence-corrected chi connectivity index (χ4v) is 4.31. The van der Waals surface area contributed by atoms with Gasteiger partial charge in [-0.25, -0.2) is 14.8 Å². The van der Waals surface area contributed by atoms with Gasteiger partial charge >= 0.3 is 11.9 Å². The van der Waals surface area contributed by atoms with Gasteiger partial charge in [0.15, 0.2) is 0 Å². The zero-order chi connectivity index (χ0) is 25.7. The number of fused-ring (bicyclic) bond motifs is 2. The monoisotopic (exact) mass is 487 g/mol. The molecule has 0 fully saturated rings. The van der Waals surface area contributed by atoms with Crippen LogP contribution in [0.25, 0.3) is 21.9 Å². The molecule has 0 atom stereocenters. The van der Waals surface area contributed by atoms with Crippen molar-refractivity contribution in [3.63, 3.8) is 0 Å². The molecule has 0 amide bonds. The Bertz CT molecular complexity index is 1490. The molecule has 0 bridgehead atoms. The molecule has 4 aromatic rings. The van der Waals surface area contributed by atoms with Crippen molar-refractivity contribution in [3.05, 3.63) is 81.4 Å². The Labute approximate surface area is 208 Å². The van der Waals surface area contributed by atoms with E-state index in [1.54, 1.807) is 4.57 Å². The van der Waals surface area contributed by atoms with E-state index >= 15 is 0 Å². The zero-order valence-electron chi connectivity index (χ0n) is 20.7. The van der Waals surface area contributed by atoms with Crippen molar-refractivity contribution in [2.75, 3.05) is 7.11 Å². The summed E-state index contributed by atoms with van der Waals surface area (Å²) in [6, 6.07) is 14.9. The number of para-hydroxylation sites is 3. The Morgan fingerprint density at radius 1 is 0.972 bits per heavy atom. The number of pyridine rings is 1. The van der Waals surface area contributed by atoms with Gasteiger partial charge in [0.25, 0.3) is 5.56 Å². The van der Waals surface area contributed by atoms with Crippen LogP contribution in [-0.4, -0.2) is 33.6 Å². The van der Waals surface area contributed by atoms with Gasteiger partial charge in [-0.3, -0.25) is 9.59 Å². The lowest BCUT2D eigenvalue weighted by atomic mass is 10.0. The molecule has 0 aliphatic heterocycles. The smallest absolute Gasteiger partial charge is 0.340 e. The van der Waals surface area contributed by atoms with Crippen LogP contribution in [0.1, 0.15) is 53.5 Å². The maximum absolute atomic E-state index is 13.1. The van der Waals surface area contributed by atoms with E-state index in [1.807, 2.05) is 55.5 Å². The number of esters is 2. The summed E-state index contributed by atoms with van der Waals surface area (Å²) in [6.07, 6.45) is 1.97. The molecule has 8 heteroatoms. The van der Waals surface area contributed by atoms with E-state index in [0.29, 0.717) is 34.6 Å². The number of carbonyl (C=O) groups excluding carboxylic acids is 2. The first-order valence-corrected chi connectivity index (χ1v) is 12.0. The number of aromatic nitrogens is 3. The van der Waals surface area contributed by atoms with Gasteiger partial charge in [0.2, 0.25) is 0 Å². The topological polar surface area (TPSA) is 100 Å². The van der Waals surface area contributed by atoms with Crippen molar-refractivity contribution < 1.29 is 19.1 Å². The number of unbranched alkanes of at least 4 members (excludes halogenated alkanes) is 1. The normalized spacial score (nSPS) is 11.1. The molecule has 4 rings (SSSR count). The molecule has 0 aliphatic rings. The molecule has 2 aromatic heterocycles. The third kappa shape index (κ3) is 5.12. The predicted molar refractivity (Wildman–Crippen MR) is 137 cm³/mol. The van der Waals surface area contributed by atoms with E-state index in [2.05, 4.69) is 16.9 Å². The molecule has 0 N–H and O–H groups in total. The number of nitrogens with zero attached hydrogens (tertiary/aromatic N) is 3. The Balaban J connectivity index is 1.52. The number of hydrogen-bond donors (Lipinski definition) is 0. The maximum atomic E-state index is 13.1. The van der Waals surface area contributed by atoms with E-state index in [-0.39, 0.29) is 25.0 Å². The number of benzene rings is 2.